The Morgan fingerprint density at radius 3 is 1.93 bits per heavy atom. The van der Waals surface area contributed by atoms with Gasteiger partial charge in [0.25, 0.3) is 0 Å². The second-order valence-electron chi connectivity index (χ2n) is 5.95. The Morgan fingerprint density at radius 2 is 1.64 bits per heavy atom. The average molecular weight is 199 g/mol. The Balaban J connectivity index is 4.56. The monoisotopic (exact) mass is 199 g/mol. The SMILES string of the molecule is CC(C)C(=O)C(C)(C)CC(C)(C)CN. The van der Waals surface area contributed by atoms with Crippen LogP contribution in [0.3, 0.4) is 0 Å². The first-order valence-corrected chi connectivity index (χ1v) is 5.37. The molecule has 2 heteroatoms. The normalized spacial score (nSPS) is 13.4. The number of nitrogens with two attached hydrogens (primary N) is 1. The van der Waals surface area contributed by atoms with E-state index in [1.807, 2.05) is 27.7 Å². The van der Waals surface area contributed by atoms with E-state index in [9.17, 15) is 4.79 Å². The second kappa shape index (κ2) is 4.43. The molecule has 0 aliphatic heterocycles. The minimum absolute atomic E-state index is 0.0497. The number of ketones is 1. The van der Waals surface area contributed by atoms with Crippen LogP contribution in [0.25, 0.3) is 0 Å². The molecule has 14 heavy (non-hydrogen) atoms. The molecule has 0 aliphatic rings. The molecule has 0 atom stereocenters. The molecule has 0 heterocycles. The van der Waals surface area contributed by atoms with Crippen molar-refractivity contribution in [3.63, 3.8) is 0 Å². The molecule has 0 aromatic carbocycles. The molecule has 0 spiro atoms. The molecular weight excluding hydrogens is 174 g/mol. The average Bonchev–Trinajstić information content (AvgIpc) is 2.01. The highest BCUT2D eigenvalue weighted by molar-refractivity contribution is 5.85. The lowest BCUT2D eigenvalue weighted by atomic mass is 9.70. The van der Waals surface area contributed by atoms with E-state index in [1.165, 1.54) is 0 Å². The Kier molecular flexibility index (Phi) is 4.32. The summed E-state index contributed by atoms with van der Waals surface area (Å²) < 4.78 is 0. The summed E-state index contributed by atoms with van der Waals surface area (Å²) >= 11 is 0. The molecule has 0 rings (SSSR count). The van der Waals surface area contributed by atoms with Gasteiger partial charge in [-0.15, -0.1) is 0 Å². The first-order chi connectivity index (χ1) is 6.12. The van der Waals surface area contributed by atoms with Crippen molar-refractivity contribution in [2.45, 2.75) is 48.0 Å². The van der Waals surface area contributed by atoms with Crippen LogP contribution >= 0.6 is 0 Å². The topological polar surface area (TPSA) is 43.1 Å². The van der Waals surface area contributed by atoms with E-state index in [0.29, 0.717) is 12.3 Å². The Hall–Kier alpha value is -0.370. The molecule has 0 amide bonds. The van der Waals surface area contributed by atoms with Gasteiger partial charge >= 0.3 is 0 Å². The minimum atomic E-state index is -0.253. The third kappa shape index (κ3) is 3.79. The molecule has 0 radical (unpaired) electrons. The first kappa shape index (κ1) is 13.6. The van der Waals surface area contributed by atoms with Crippen molar-refractivity contribution < 1.29 is 4.79 Å². The first-order valence-electron chi connectivity index (χ1n) is 5.37. The van der Waals surface area contributed by atoms with Crippen LogP contribution in [0.5, 0.6) is 0 Å². The number of hydrogen-bond acceptors (Lipinski definition) is 2. The van der Waals surface area contributed by atoms with Crippen LogP contribution < -0.4 is 5.73 Å². The molecule has 0 aliphatic carbocycles. The van der Waals surface area contributed by atoms with Gasteiger partial charge in [0.1, 0.15) is 5.78 Å². The molecule has 0 unspecified atom stereocenters. The van der Waals surface area contributed by atoms with Gasteiger partial charge < -0.3 is 5.73 Å². The Labute approximate surface area is 88.3 Å². The van der Waals surface area contributed by atoms with E-state index >= 15 is 0 Å². The van der Waals surface area contributed by atoms with Crippen molar-refractivity contribution in [2.75, 3.05) is 6.54 Å². The number of carbonyl (C=O) groups excluding carboxylic acids is 1. The fourth-order valence-corrected chi connectivity index (χ4v) is 2.14. The van der Waals surface area contributed by atoms with Crippen molar-refractivity contribution in [1.29, 1.82) is 0 Å². The molecule has 0 aromatic heterocycles. The maximum atomic E-state index is 11.9. The lowest BCUT2D eigenvalue weighted by Gasteiger charge is -2.34. The van der Waals surface area contributed by atoms with Crippen molar-refractivity contribution in [3.05, 3.63) is 0 Å². The molecule has 2 nitrogen and oxygen atoms in total. The summed E-state index contributed by atoms with van der Waals surface area (Å²) in [5, 5.41) is 0. The van der Waals surface area contributed by atoms with E-state index in [2.05, 4.69) is 13.8 Å². The van der Waals surface area contributed by atoms with Gasteiger partial charge in [-0.25, -0.2) is 0 Å². The standard InChI is InChI=1S/C12H25NO/c1-9(2)10(14)12(5,6)7-11(3,4)8-13/h9H,7-8,13H2,1-6H3. The number of Topliss-reactive ketones (excluding diaryl/α,β-unsaturated/α-hetero) is 1. The summed E-state index contributed by atoms with van der Waals surface area (Å²) in [6.07, 6.45) is 0.855. The van der Waals surface area contributed by atoms with Crippen LogP contribution in [0.4, 0.5) is 0 Å². The minimum Gasteiger partial charge on any atom is -0.330 e. The highest BCUT2D eigenvalue weighted by Crippen LogP contribution is 2.35. The van der Waals surface area contributed by atoms with Crippen LogP contribution in [0.15, 0.2) is 0 Å². The summed E-state index contributed by atoms with van der Waals surface area (Å²) in [4.78, 5) is 11.9. The summed E-state index contributed by atoms with van der Waals surface area (Å²) in [7, 11) is 0. The Bertz CT molecular complexity index is 204. The lowest BCUT2D eigenvalue weighted by Crippen LogP contribution is -2.36. The van der Waals surface area contributed by atoms with Gasteiger partial charge in [-0.05, 0) is 18.4 Å². The Morgan fingerprint density at radius 1 is 1.21 bits per heavy atom. The van der Waals surface area contributed by atoms with Crippen LogP contribution in [0.2, 0.25) is 0 Å². The summed E-state index contributed by atoms with van der Waals surface area (Å²) in [6.45, 7) is 12.8. The smallest absolute Gasteiger partial charge is 0.141 e. The zero-order valence-electron chi connectivity index (χ0n) is 10.5. The molecule has 0 saturated carbocycles. The van der Waals surface area contributed by atoms with Crippen molar-refractivity contribution in [2.24, 2.45) is 22.5 Å². The van der Waals surface area contributed by atoms with Crippen LogP contribution in [-0.4, -0.2) is 12.3 Å². The summed E-state index contributed by atoms with van der Waals surface area (Å²) in [6, 6.07) is 0. The molecule has 0 aromatic rings. The van der Waals surface area contributed by atoms with E-state index in [-0.39, 0.29) is 16.7 Å². The molecule has 0 fully saturated rings. The molecule has 84 valence electrons. The third-order valence-electron chi connectivity index (χ3n) is 2.66. The van der Waals surface area contributed by atoms with Gasteiger partial charge in [0.15, 0.2) is 0 Å². The second-order valence-corrected chi connectivity index (χ2v) is 5.95. The molecule has 0 saturated heterocycles. The van der Waals surface area contributed by atoms with E-state index in [4.69, 9.17) is 5.73 Å². The van der Waals surface area contributed by atoms with E-state index < -0.39 is 0 Å². The third-order valence-corrected chi connectivity index (χ3v) is 2.66. The predicted octanol–water partition coefficient (Wildman–Crippen LogP) is 2.61. The van der Waals surface area contributed by atoms with E-state index in [1.54, 1.807) is 0 Å². The van der Waals surface area contributed by atoms with Gasteiger partial charge in [-0.1, -0.05) is 41.5 Å². The van der Waals surface area contributed by atoms with Crippen LogP contribution in [0, 0.1) is 16.7 Å². The van der Waals surface area contributed by atoms with Gasteiger partial charge in [0.05, 0.1) is 0 Å². The largest absolute Gasteiger partial charge is 0.330 e. The number of hydrogen-bond donors (Lipinski definition) is 1. The van der Waals surface area contributed by atoms with Gasteiger partial charge in [-0.2, -0.15) is 0 Å². The van der Waals surface area contributed by atoms with Crippen LogP contribution in [-0.2, 0) is 4.79 Å². The maximum absolute atomic E-state index is 11.9. The molecule has 2 N–H and O–H groups in total. The van der Waals surface area contributed by atoms with Crippen molar-refractivity contribution in [3.8, 4) is 0 Å². The fourth-order valence-electron chi connectivity index (χ4n) is 2.14. The lowest BCUT2D eigenvalue weighted by molar-refractivity contribution is -0.131. The van der Waals surface area contributed by atoms with Crippen LogP contribution in [0.1, 0.15) is 48.0 Å². The number of carbonyl (C=O) groups is 1. The fraction of sp³-hybridized carbons (Fsp3) is 0.917. The highest BCUT2D eigenvalue weighted by Gasteiger charge is 2.34. The zero-order chi connectivity index (χ0) is 11.6. The quantitative estimate of drug-likeness (QED) is 0.739. The zero-order valence-corrected chi connectivity index (χ0v) is 10.5. The summed E-state index contributed by atoms with van der Waals surface area (Å²) in [5.74, 6) is 0.442. The van der Waals surface area contributed by atoms with Crippen molar-refractivity contribution in [1.82, 2.24) is 0 Å². The highest BCUT2D eigenvalue weighted by atomic mass is 16.1. The van der Waals surface area contributed by atoms with Crippen molar-refractivity contribution >= 4 is 5.78 Å². The maximum Gasteiger partial charge on any atom is 0.141 e. The number of rotatable bonds is 5. The predicted molar refractivity (Wildman–Crippen MR) is 61.1 cm³/mol. The molecular formula is C12H25NO. The molecule has 0 bridgehead atoms. The van der Waals surface area contributed by atoms with Gasteiger partial charge in [0.2, 0.25) is 0 Å². The van der Waals surface area contributed by atoms with Gasteiger partial charge in [-0.3, -0.25) is 4.79 Å². The van der Waals surface area contributed by atoms with Gasteiger partial charge in [0, 0.05) is 11.3 Å². The van der Waals surface area contributed by atoms with E-state index in [0.717, 1.165) is 6.42 Å². The summed E-state index contributed by atoms with van der Waals surface area (Å²) in [5.41, 5.74) is 5.48.